The molecule has 0 spiro atoms. The van der Waals surface area contributed by atoms with Crippen LogP contribution in [-0.2, 0) is 14.4 Å². The van der Waals surface area contributed by atoms with Crippen molar-refractivity contribution >= 4 is 29.4 Å². The van der Waals surface area contributed by atoms with E-state index in [0.717, 1.165) is 29.9 Å². The molecule has 12 heteroatoms. The lowest BCUT2D eigenvalue weighted by atomic mass is 10.2. The third kappa shape index (κ3) is 5.01. The molecule has 3 aliphatic rings. The van der Waals surface area contributed by atoms with Crippen molar-refractivity contribution in [1.82, 2.24) is 15.7 Å². The third-order valence-corrected chi connectivity index (χ3v) is 5.40. The second kappa shape index (κ2) is 9.15. The fourth-order valence-electron chi connectivity index (χ4n) is 3.61. The number of hydrogen-bond acceptors (Lipinski definition) is 6. The average molecular weight is 453 g/mol. The first-order valence-electron chi connectivity index (χ1n) is 10.5. The van der Waals surface area contributed by atoms with E-state index in [4.69, 9.17) is 9.57 Å². The molecular weight excluding hydrogens is 428 g/mol. The predicted octanol–water partition coefficient (Wildman–Crippen LogP) is 1.35. The highest BCUT2D eigenvalue weighted by molar-refractivity contribution is 5.90. The number of ether oxygens (including phenoxy) is 1. The van der Waals surface area contributed by atoms with Gasteiger partial charge in [-0.05, 0) is 12.8 Å². The van der Waals surface area contributed by atoms with Gasteiger partial charge in [-0.25, -0.2) is 23.4 Å². The lowest BCUT2D eigenvalue weighted by molar-refractivity contribution is -0.119. The monoisotopic (exact) mass is 453 g/mol. The minimum absolute atomic E-state index is 0.0237. The van der Waals surface area contributed by atoms with Gasteiger partial charge in [0.15, 0.2) is 11.6 Å². The standard InChI is InChI=1S/C20H25F2N5O5/c1-12(28)23-10-15-11-26(20(30)32-15)14-8-16(21)18(17(22)9-14)25-4-5-27(31-7-6-25)19(29)24-13-2-3-13/h8-9,13,15H,2-7,10-11H2,1H3,(H,23,28)(H,24,29). The quantitative estimate of drug-likeness (QED) is 0.698. The van der Waals surface area contributed by atoms with Crippen LogP contribution in [0.15, 0.2) is 12.1 Å². The van der Waals surface area contributed by atoms with Gasteiger partial charge in [0.1, 0.15) is 11.8 Å². The molecule has 2 aliphatic heterocycles. The molecule has 2 saturated heterocycles. The minimum atomic E-state index is -0.839. The Kier molecular flexibility index (Phi) is 6.31. The summed E-state index contributed by atoms with van der Waals surface area (Å²) in [6.07, 6.45) is 0.514. The highest BCUT2D eigenvalue weighted by atomic mass is 19.1. The number of cyclic esters (lactones) is 1. The van der Waals surface area contributed by atoms with E-state index >= 15 is 0 Å². The van der Waals surface area contributed by atoms with E-state index in [1.54, 1.807) is 0 Å². The van der Waals surface area contributed by atoms with Gasteiger partial charge in [0.2, 0.25) is 5.91 Å². The fourth-order valence-corrected chi connectivity index (χ4v) is 3.61. The largest absolute Gasteiger partial charge is 0.442 e. The van der Waals surface area contributed by atoms with Crippen LogP contribution in [-0.4, -0.2) is 74.6 Å². The van der Waals surface area contributed by atoms with E-state index in [1.807, 2.05) is 0 Å². The van der Waals surface area contributed by atoms with Gasteiger partial charge in [0.05, 0.1) is 31.9 Å². The number of nitrogens with one attached hydrogen (secondary N) is 2. The van der Waals surface area contributed by atoms with Crippen molar-refractivity contribution in [3.63, 3.8) is 0 Å². The summed E-state index contributed by atoms with van der Waals surface area (Å²) in [6.45, 7) is 2.09. The van der Waals surface area contributed by atoms with Crippen LogP contribution >= 0.6 is 0 Å². The normalized spacial score (nSPS) is 21.3. The zero-order valence-corrected chi connectivity index (χ0v) is 17.6. The summed E-state index contributed by atoms with van der Waals surface area (Å²) >= 11 is 0. The molecule has 3 fully saturated rings. The summed E-state index contributed by atoms with van der Waals surface area (Å²) in [5.74, 6) is -1.95. The van der Waals surface area contributed by atoms with Crippen LogP contribution in [0, 0.1) is 11.6 Å². The lowest BCUT2D eigenvalue weighted by Gasteiger charge is -2.24. The molecule has 0 bridgehead atoms. The van der Waals surface area contributed by atoms with E-state index in [-0.39, 0.29) is 68.7 Å². The number of halogens is 2. The number of hydroxylamine groups is 2. The molecule has 2 N–H and O–H groups in total. The number of amides is 4. The molecule has 32 heavy (non-hydrogen) atoms. The maximum Gasteiger partial charge on any atom is 0.414 e. The molecular formula is C20H25F2N5O5. The molecule has 1 aliphatic carbocycles. The Balaban J connectivity index is 1.43. The van der Waals surface area contributed by atoms with Crippen LogP contribution in [0.1, 0.15) is 19.8 Å². The van der Waals surface area contributed by atoms with Crippen LogP contribution in [0.2, 0.25) is 0 Å². The molecule has 1 aromatic rings. The minimum Gasteiger partial charge on any atom is -0.442 e. The molecule has 1 unspecified atom stereocenters. The van der Waals surface area contributed by atoms with E-state index in [9.17, 15) is 23.2 Å². The highest BCUT2D eigenvalue weighted by Gasteiger charge is 2.34. The molecule has 174 valence electrons. The summed E-state index contributed by atoms with van der Waals surface area (Å²) in [6, 6.07) is 1.96. The molecule has 4 amide bonds. The predicted molar refractivity (Wildman–Crippen MR) is 109 cm³/mol. The number of carbonyl (C=O) groups excluding carboxylic acids is 3. The second-order valence-electron chi connectivity index (χ2n) is 7.96. The Hall–Kier alpha value is -3.15. The molecule has 4 rings (SSSR count). The van der Waals surface area contributed by atoms with Crippen molar-refractivity contribution in [2.75, 3.05) is 49.1 Å². The van der Waals surface area contributed by atoms with Crippen molar-refractivity contribution in [2.24, 2.45) is 0 Å². The van der Waals surface area contributed by atoms with E-state index in [2.05, 4.69) is 10.6 Å². The number of benzene rings is 1. The van der Waals surface area contributed by atoms with Gasteiger partial charge in [0, 0.05) is 38.2 Å². The first-order chi connectivity index (χ1) is 15.3. The van der Waals surface area contributed by atoms with Crippen LogP contribution in [0.4, 0.5) is 29.7 Å². The molecule has 0 radical (unpaired) electrons. The lowest BCUT2D eigenvalue weighted by Crippen LogP contribution is -2.42. The molecule has 1 atom stereocenters. The van der Waals surface area contributed by atoms with Gasteiger partial charge in [-0.15, -0.1) is 0 Å². The summed E-state index contributed by atoms with van der Waals surface area (Å²) in [5.41, 5.74) is -0.222. The molecule has 0 aromatic heterocycles. The van der Waals surface area contributed by atoms with E-state index in [1.165, 1.54) is 16.9 Å². The van der Waals surface area contributed by atoms with Gasteiger partial charge >= 0.3 is 12.1 Å². The van der Waals surface area contributed by atoms with Crippen molar-refractivity contribution in [3.8, 4) is 0 Å². The zero-order valence-electron chi connectivity index (χ0n) is 17.6. The molecule has 1 saturated carbocycles. The number of hydrogen-bond donors (Lipinski definition) is 2. The second-order valence-corrected chi connectivity index (χ2v) is 7.96. The number of carbonyl (C=O) groups is 3. The summed E-state index contributed by atoms with van der Waals surface area (Å²) < 4.78 is 35.0. The summed E-state index contributed by atoms with van der Waals surface area (Å²) in [5, 5.41) is 6.54. The Morgan fingerprint density at radius 3 is 2.53 bits per heavy atom. The number of anilines is 2. The van der Waals surface area contributed by atoms with E-state index in [0.29, 0.717) is 0 Å². The Bertz CT molecular complexity index is 889. The van der Waals surface area contributed by atoms with Crippen molar-refractivity contribution in [3.05, 3.63) is 23.8 Å². The Morgan fingerprint density at radius 1 is 1.16 bits per heavy atom. The maximum atomic E-state index is 14.9. The highest BCUT2D eigenvalue weighted by Crippen LogP contribution is 2.31. The van der Waals surface area contributed by atoms with Crippen LogP contribution < -0.4 is 20.4 Å². The number of urea groups is 1. The van der Waals surface area contributed by atoms with Crippen LogP contribution in [0.5, 0.6) is 0 Å². The smallest absolute Gasteiger partial charge is 0.414 e. The van der Waals surface area contributed by atoms with Crippen molar-refractivity contribution < 1.29 is 32.7 Å². The SMILES string of the molecule is CC(=O)NCC1CN(c2cc(F)c(N3CCON(C(=O)NC4CC4)CC3)c(F)c2)C(=O)O1. The van der Waals surface area contributed by atoms with Crippen molar-refractivity contribution in [1.29, 1.82) is 0 Å². The van der Waals surface area contributed by atoms with Gasteiger partial charge in [-0.1, -0.05) is 0 Å². The first-order valence-corrected chi connectivity index (χ1v) is 10.5. The average Bonchev–Trinajstić information content (AvgIpc) is 3.50. The number of rotatable bonds is 5. The van der Waals surface area contributed by atoms with Gasteiger partial charge in [-0.3, -0.25) is 14.5 Å². The Labute approximate surface area is 183 Å². The maximum absolute atomic E-state index is 14.9. The molecule has 10 nitrogen and oxygen atoms in total. The third-order valence-electron chi connectivity index (χ3n) is 5.40. The summed E-state index contributed by atoms with van der Waals surface area (Å²) in [4.78, 5) is 43.4. The summed E-state index contributed by atoms with van der Waals surface area (Å²) in [7, 11) is 0. The fraction of sp³-hybridized carbons (Fsp3) is 0.550. The van der Waals surface area contributed by atoms with Crippen LogP contribution in [0.25, 0.3) is 0 Å². The zero-order chi connectivity index (χ0) is 22.8. The van der Waals surface area contributed by atoms with Crippen LogP contribution in [0.3, 0.4) is 0 Å². The Morgan fingerprint density at radius 2 is 1.88 bits per heavy atom. The molecule has 2 heterocycles. The van der Waals surface area contributed by atoms with Gasteiger partial charge < -0.3 is 20.3 Å². The molecule has 1 aromatic carbocycles. The first kappa shape index (κ1) is 22.1. The van der Waals surface area contributed by atoms with Gasteiger partial charge in [0.25, 0.3) is 0 Å². The van der Waals surface area contributed by atoms with E-state index < -0.39 is 23.8 Å². The van der Waals surface area contributed by atoms with Crippen molar-refractivity contribution in [2.45, 2.75) is 31.9 Å². The topological polar surface area (TPSA) is 103 Å². The van der Waals surface area contributed by atoms with Gasteiger partial charge in [-0.2, -0.15) is 0 Å². The number of nitrogens with zero attached hydrogens (tertiary/aromatic N) is 3.